The van der Waals surface area contributed by atoms with Crippen molar-refractivity contribution in [3.8, 4) is 0 Å². The van der Waals surface area contributed by atoms with Crippen LogP contribution in [0.2, 0.25) is 0 Å². The SMILES string of the molecule is Nc1ccccc1C(F)(F)C(=O)O. The maximum Gasteiger partial charge on any atom is 0.379 e. The average molecular weight is 187 g/mol. The fraction of sp³-hybridized carbons (Fsp3) is 0.125. The van der Waals surface area contributed by atoms with Crippen molar-refractivity contribution >= 4 is 11.7 Å². The molecular formula is C8H7F2NO2. The highest BCUT2D eigenvalue weighted by Gasteiger charge is 2.42. The number of nitrogen functional groups attached to an aromatic ring is 1. The number of para-hydroxylation sites is 1. The minimum absolute atomic E-state index is 0.227. The Bertz CT molecular complexity index is 339. The number of benzene rings is 1. The third-order valence-corrected chi connectivity index (χ3v) is 1.57. The van der Waals surface area contributed by atoms with Gasteiger partial charge in [0.15, 0.2) is 0 Å². The number of hydrogen-bond acceptors (Lipinski definition) is 2. The van der Waals surface area contributed by atoms with Crippen LogP contribution in [0.4, 0.5) is 14.5 Å². The van der Waals surface area contributed by atoms with E-state index < -0.39 is 17.5 Å². The summed E-state index contributed by atoms with van der Waals surface area (Å²) in [5.74, 6) is -6.13. The molecule has 0 aliphatic rings. The number of halogens is 2. The molecule has 0 unspecified atom stereocenters. The Morgan fingerprint density at radius 1 is 1.38 bits per heavy atom. The largest absolute Gasteiger partial charge is 0.477 e. The van der Waals surface area contributed by atoms with Crippen molar-refractivity contribution in [3.05, 3.63) is 29.8 Å². The molecular weight excluding hydrogens is 180 g/mol. The fourth-order valence-corrected chi connectivity index (χ4v) is 0.898. The predicted molar refractivity (Wildman–Crippen MR) is 42.4 cm³/mol. The summed E-state index contributed by atoms with van der Waals surface area (Å²) in [7, 11) is 0. The van der Waals surface area contributed by atoms with Crippen LogP contribution in [0.3, 0.4) is 0 Å². The summed E-state index contributed by atoms with van der Waals surface area (Å²) in [6.07, 6.45) is 0. The van der Waals surface area contributed by atoms with E-state index in [1.807, 2.05) is 0 Å². The molecule has 1 aromatic rings. The smallest absolute Gasteiger partial charge is 0.379 e. The molecule has 0 fully saturated rings. The zero-order valence-electron chi connectivity index (χ0n) is 6.50. The monoisotopic (exact) mass is 187 g/mol. The highest BCUT2D eigenvalue weighted by molar-refractivity contribution is 5.79. The number of rotatable bonds is 2. The van der Waals surface area contributed by atoms with Gasteiger partial charge in [0.25, 0.3) is 0 Å². The number of anilines is 1. The first-order valence-corrected chi connectivity index (χ1v) is 3.42. The van der Waals surface area contributed by atoms with Crippen LogP contribution in [0.15, 0.2) is 24.3 Å². The van der Waals surface area contributed by atoms with Gasteiger partial charge in [0.1, 0.15) is 0 Å². The van der Waals surface area contributed by atoms with E-state index in [1.54, 1.807) is 0 Å². The van der Waals surface area contributed by atoms with Crippen molar-refractivity contribution in [2.24, 2.45) is 0 Å². The molecule has 3 nitrogen and oxygen atoms in total. The molecule has 13 heavy (non-hydrogen) atoms. The van der Waals surface area contributed by atoms with Crippen LogP contribution in [0.25, 0.3) is 0 Å². The average Bonchev–Trinajstić information content (AvgIpc) is 2.04. The quantitative estimate of drug-likeness (QED) is 0.688. The third-order valence-electron chi connectivity index (χ3n) is 1.57. The maximum absolute atomic E-state index is 12.9. The highest BCUT2D eigenvalue weighted by Crippen LogP contribution is 2.31. The first kappa shape index (κ1) is 9.44. The van der Waals surface area contributed by atoms with E-state index in [-0.39, 0.29) is 5.69 Å². The van der Waals surface area contributed by atoms with Crippen LogP contribution in [0.5, 0.6) is 0 Å². The molecule has 0 saturated carbocycles. The molecule has 1 rings (SSSR count). The van der Waals surface area contributed by atoms with Crippen molar-refractivity contribution in [3.63, 3.8) is 0 Å². The third kappa shape index (κ3) is 1.58. The summed E-state index contributed by atoms with van der Waals surface area (Å²) in [5, 5.41) is 8.21. The van der Waals surface area contributed by atoms with Gasteiger partial charge in [-0.15, -0.1) is 0 Å². The maximum atomic E-state index is 12.9. The minimum atomic E-state index is -3.93. The molecule has 0 amide bonds. The van der Waals surface area contributed by atoms with Crippen molar-refractivity contribution < 1.29 is 18.7 Å². The van der Waals surface area contributed by atoms with E-state index >= 15 is 0 Å². The lowest BCUT2D eigenvalue weighted by molar-refractivity contribution is -0.166. The molecule has 0 saturated heterocycles. The van der Waals surface area contributed by atoms with Gasteiger partial charge in [0.05, 0.1) is 5.56 Å². The van der Waals surface area contributed by atoms with E-state index in [4.69, 9.17) is 10.8 Å². The molecule has 0 spiro atoms. The first-order chi connectivity index (χ1) is 5.96. The highest BCUT2D eigenvalue weighted by atomic mass is 19.3. The number of alkyl halides is 2. The second-order valence-corrected chi connectivity index (χ2v) is 2.47. The molecule has 0 aliphatic carbocycles. The van der Waals surface area contributed by atoms with Gasteiger partial charge in [-0.3, -0.25) is 0 Å². The van der Waals surface area contributed by atoms with Crippen molar-refractivity contribution in [2.45, 2.75) is 5.92 Å². The normalized spacial score (nSPS) is 11.2. The number of carbonyl (C=O) groups is 1. The summed E-state index contributed by atoms with van der Waals surface area (Å²) in [5.41, 5.74) is 4.30. The lowest BCUT2D eigenvalue weighted by atomic mass is 10.1. The molecule has 0 aromatic heterocycles. The van der Waals surface area contributed by atoms with E-state index in [9.17, 15) is 13.6 Å². The van der Waals surface area contributed by atoms with Gasteiger partial charge in [-0.25, -0.2) is 4.79 Å². The topological polar surface area (TPSA) is 63.3 Å². The Morgan fingerprint density at radius 3 is 2.38 bits per heavy atom. The molecule has 5 heteroatoms. The van der Waals surface area contributed by atoms with Crippen LogP contribution in [0, 0.1) is 0 Å². The second kappa shape index (κ2) is 3.01. The summed E-state index contributed by atoms with van der Waals surface area (Å²) in [6.45, 7) is 0. The lowest BCUT2D eigenvalue weighted by Crippen LogP contribution is -2.26. The molecule has 0 atom stereocenters. The zero-order valence-corrected chi connectivity index (χ0v) is 6.50. The number of hydrogen-bond donors (Lipinski definition) is 2. The number of nitrogens with two attached hydrogens (primary N) is 1. The number of aliphatic carboxylic acids is 1. The van der Waals surface area contributed by atoms with Crippen molar-refractivity contribution in [1.82, 2.24) is 0 Å². The van der Waals surface area contributed by atoms with Crippen LogP contribution >= 0.6 is 0 Å². The summed E-state index contributed by atoms with van der Waals surface area (Å²) in [4.78, 5) is 10.2. The Labute approximate surface area is 72.8 Å². The van der Waals surface area contributed by atoms with Gasteiger partial charge >= 0.3 is 11.9 Å². The van der Waals surface area contributed by atoms with Crippen molar-refractivity contribution in [2.75, 3.05) is 5.73 Å². The van der Waals surface area contributed by atoms with E-state index in [1.165, 1.54) is 18.2 Å². The Balaban J connectivity index is 3.22. The molecule has 70 valence electrons. The molecule has 0 heterocycles. The van der Waals surface area contributed by atoms with Gasteiger partial charge in [0.2, 0.25) is 0 Å². The summed E-state index contributed by atoms with van der Waals surface area (Å²) in [6, 6.07) is 4.98. The molecule has 0 bridgehead atoms. The van der Waals surface area contributed by atoms with Crippen molar-refractivity contribution in [1.29, 1.82) is 0 Å². The lowest BCUT2D eigenvalue weighted by Gasteiger charge is -2.12. The van der Waals surface area contributed by atoms with Crippen LogP contribution in [-0.2, 0) is 10.7 Å². The molecule has 1 aromatic carbocycles. The van der Waals surface area contributed by atoms with E-state index in [0.29, 0.717) is 0 Å². The Morgan fingerprint density at radius 2 is 1.92 bits per heavy atom. The van der Waals surface area contributed by atoms with E-state index in [2.05, 4.69) is 0 Å². The predicted octanol–water partition coefficient (Wildman–Crippen LogP) is 1.45. The molecule has 0 radical (unpaired) electrons. The van der Waals surface area contributed by atoms with Gasteiger partial charge in [0, 0.05) is 5.69 Å². The fourth-order valence-electron chi connectivity index (χ4n) is 0.898. The van der Waals surface area contributed by atoms with Crippen LogP contribution in [0.1, 0.15) is 5.56 Å². The van der Waals surface area contributed by atoms with Gasteiger partial charge in [-0.2, -0.15) is 8.78 Å². The van der Waals surface area contributed by atoms with Gasteiger partial charge in [-0.05, 0) is 6.07 Å². The first-order valence-electron chi connectivity index (χ1n) is 3.42. The Kier molecular flexibility index (Phi) is 2.18. The minimum Gasteiger partial charge on any atom is -0.477 e. The summed E-state index contributed by atoms with van der Waals surface area (Å²) >= 11 is 0. The number of carboxylic acid groups (broad SMARTS) is 1. The van der Waals surface area contributed by atoms with Gasteiger partial charge in [-0.1, -0.05) is 18.2 Å². The zero-order chi connectivity index (χ0) is 10.1. The number of carboxylic acids is 1. The molecule has 0 aliphatic heterocycles. The Hall–Kier alpha value is -1.65. The standard InChI is InChI=1S/C8H7F2NO2/c9-8(10,7(12)13)5-3-1-2-4-6(5)11/h1-4H,11H2,(H,12,13). The second-order valence-electron chi connectivity index (χ2n) is 2.47. The van der Waals surface area contributed by atoms with Crippen LogP contribution < -0.4 is 5.73 Å². The summed E-state index contributed by atoms with van der Waals surface area (Å²) < 4.78 is 25.7. The molecule has 3 N–H and O–H groups in total. The van der Waals surface area contributed by atoms with E-state index in [0.717, 1.165) is 6.07 Å². The van der Waals surface area contributed by atoms with Gasteiger partial charge < -0.3 is 10.8 Å². The van der Waals surface area contributed by atoms with Crippen LogP contribution in [-0.4, -0.2) is 11.1 Å².